The van der Waals surface area contributed by atoms with E-state index in [1.807, 2.05) is 18.2 Å². The van der Waals surface area contributed by atoms with Gasteiger partial charge in [0.1, 0.15) is 11.4 Å². The number of carbonyl (C=O) groups is 1. The Morgan fingerprint density at radius 2 is 2.10 bits per heavy atom. The Morgan fingerprint density at radius 3 is 2.87 bits per heavy atom. The number of ether oxygens (including phenoxy) is 2. The fourth-order valence-electron chi connectivity index (χ4n) is 3.43. The summed E-state index contributed by atoms with van der Waals surface area (Å²) in [6.07, 6.45) is 4.94. The number of carbonyl (C=O) groups excluding carboxylic acids is 1. The van der Waals surface area contributed by atoms with Crippen LogP contribution in [0.4, 0.5) is 0 Å². The van der Waals surface area contributed by atoms with Crippen LogP contribution in [0, 0.1) is 0 Å². The van der Waals surface area contributed by atoms with Crippen LogP contribution in [-0.4, -0.2) is 52.6 Å². The van der Waals surface area contributed by atoms with E-state index in [-0.39, 0.29) is 5.91 Å². The van der Waals surface area contributed by atoms with Gasteiger partial charge in [0, 0.05) is 63.2 Å². The Morgan fingerprint density at radius 1 is 1.19 bits per heavy atom. The second kappa shape index (κ2) is 9.85. The molecule has 0 atom stereocenters. The van der Waals surface area contributed by atoms with Crippen molar-refractivity contribution in [2.45, 2.75) is 19.4 Å². The number of halogens is 1. The van der Waals surface area contributed by atoms with Gasteiger partial charge in [0.15, 0.2) is 5.82 Å². The number of fused-ring (bicyclic) bond motifs is 1. The maximum atomic E-state index is 13.0. The smallest absolute Gasteiger partial charge is 0.254 e. The zero-order valence-corrected chi connectivity index (χ0v) is 18.0. The molecule has 8 heteroatoms. The van der Waals surface area contributed by atoms with Crippen LogP contribution in [0.5, 0.6) is 5.75 Å². The Hall–Kier alpha value is -3.03. The third-order valence-electron chi connectivity index (χ3n) is 5.04. The molecule has 3 heterocycles. The van der Waals surface area contributed by atoms with Gasteiger partial charge in [-0.05, 0) is 30.3 Å². The molecule has 0 radical (unpaired) electrons. The quantitative estimate of drug-likeness (QED) is 0.522. The van der Waals surface area contributed by atoms with Gasteiger partial charge in [-0.1, -0.05) is 17.7 Å². The van der Waals surface area contributed by atoms with Gasteiger partial charge >= 0.3 is 0 Å². The molecule has 0 N–H and O–H groups in total. The zero-order chi connectivity index (χ0) is 21.6. The van der Waals surface area contributed by atoms with Gasteiger partial charge in [-0.2, -0.15) is 0 Å². The van der Waals surface area contributed by atoms with Crippen molar-refractivity contribution in [1.29, 1.82) is 0 Å². The molecule has 0 bridgehead atoms. The molecule has 7 nitrogen and oxygen atoms in total. The first kappa shape index (κ1) is 21.2. The van der Waals surface area contributed by atoms with Crippen molar-refractivity contribution in [2.75, 3.05) is 26.9 Å². The zero-order valence-electron chi connectivity index (χ0n) is 17.3. The van der Waals surface area contributed by atoms with E-state index in [1.54, 1.807) is 42.6 Å². The maximum absolute atomic E-state index is 13.0. The number of benzene rings is 1. The van der Waals surface area contributed by atoms with Crippen molar-refractivity contribution in [3.8, 4) is 17.3 Å². The molecular weight excluding hydrogens is 416 g/mol. The topological polar surface area (TPSA) is 77.4 Å². The minimum atomic E-state index is -0.0766. The number of amides is 1. The van der Waals surface area contributed by atoms with Crippen molar-refractivity contribution >= 4 is 17.5 Å². The summed E-state index contributed by atoms with van der Waals surface area (Å²) in [4.78, 5) is 28.2. The van der Waals surface area contributed by atoms with Gasteiger partial charge < -0.3 is 14.4 Å². The molecular formula is C23H23ClN4O3. The second-order valence-corrected chi connectivity index (χ2v) is 7.60. The molecule has 31 heavy (non-hydrogen) atoms. The molecule has 0 fully saturated rings. The first-order valence-electron chi connectivity index (χ1n) is 10.1. The maximum Gasteiger partial charge on any atom is 0.254 e. The highest BCUT2D eigenvalue weighted by molar-refractivity contribution is 6.32. The van der Waals surface area contributed by atoms with Gasteiger partial charge in [0.2, 0.25) is 0 Å². The van der Waals surface area contributed by atoms with Crippen LogP contribution in [0.1, 0.15) is 28.0 Å². The third kappa shape index (κ3) is 5.00. The summed E-state index contributed by atoms with van der Waals surface area (Å²) in [6.45, 7) is 2.17. The molecule has 0 saturated heterocycles. The van der Waals surface area contributed by atoms with Gasteiger partial charge in [-0.3, -0.25) is 9.78 Å². The van der Waals surface area contributed by atoms with Crippen LogP contribution < -0.4 is 4.74 Å². The normalized spacial score (nSPS) is 13.0. The van der Waals surface area contributed by atoms with Gasteiger partial charge in [0.05, 0.1) is 17.3 Å². The monoisotopic (exact) mass is 438 g/mol. The lowest BCUT2D eigenvalue weighted by Crippen LogP contribution is -2.36. The Kier molecular flexibility index (Phi) is 6.74. The lowest BCUT2D eigenvalue weighted by atomic mass is 10.1. The Bertz CT molecular complexity index is 1060. The summed E-state index contributed by atoms with van der Waals surface area (Å²) in [7, 11) is 1.65. The number of pyridine rings is 1. The van der Waals surface area contributed by atoms with Crippen molar-refractivity contribution in [1.82, 2.24) is 19.9 Å². The minimum absolute atomic E-state index is 0.0766. The van der Waals surface area contributed by atoms with E-state index in [9.17, 15) is 4.79 Å². The summed E-state index contributed by atoms with van der Waals surface area (Å²) < 4.78 is 10.7. The van der Waals surface area contributed by atoms with E-state index >= 15 is 0 Å². The molecule has 1 amide bonds. The summed E-state index contributed by atoms with van der Waals surface area (Å²) >= 11 is 6.33. The highest BCUT2D eigenvalue weighted by atomic mass is 35.5. The highest BCUT2D eigenvalue weighted by Crippen LogP contribution is 2.27. The van der Waals surface area contributed by atoms with E-state index in [0.29, 0.717) is 54.9 Å². The second-order valence-electron chi connectivity index (χ2n) is 7.20. The molecule has 0 saturated carbocycles. The van der Waals surface area contributed by atoms with Crippen LogP contribution >= 0.6 is 11.6 Å². The standard InChI is InChI=1S/C23H23ClN4O3/c1-30-11-4-12-31-21-7-6-16(13-18(21)24)23(29)28-10-8-19-17(15-28)14-26-22(27-19)20-5-2-3-9-25-20/h2-3,5-7,9,13-14H,4,8,10-12,15H2,1H3. The lowest BCUT2D eigenvalue weighted by Gasteiger charge is -2.28. The average Bonchev–Trinajstić information content (AvgIpc) is 2.82. The van der Waals surface area contributed by atoms with E-state index in [1.165, 1.54) is 0 Å². The molecule has 2 aromatic heterocycles. The summed E-state index contributed by atoms with van der Waals surface area (Å²) in [6, 6.07) is 10.8. The summed E-state index contributed by atoms with van der Waals surface area (Å²) in [5.74, 6) is 1.09. The van der Waals surface area contributed by atoms with Crippen molar-refractivity contribution in [3.63, 3.8) is 0 Å². The van der Waals surface area contributed by atoms with Crippen LogP contribution in [0.25, 0.3) is 11.5 Å². The fourth-order valence-corrected chi connectivity index (χ4v) is 3.66. The van der Waals surface area contributed by atoms with Gasteiger partial charge in [0.25, 0.3) is 5.91 Å². The molecule has 0 unspecified atom stereocenters. The van der Waals surface area contributed by atoms with Crippen molar-refractivity contribution in [2.24, 2.45) is 0 Å². The minimum Gasteiger partial charge on any atom is -0.492 e. The number of methoxy groups -OCH3 is 1. The van der Waals surface area contributed by atoms with E-state index in [2.05, 4.69) is 15.0 Å². The average molecular weight is 439 g/mol. The summed E-state index contributed by atoms with van der Waals surface area (Å²) in [5, 5.41) is 0.420. The van der Waals surface area contributed by atoms with Crippen LogP contribution in [0.15, 0.2) is 48.8 Å². The number of hydrogen-bond donors (Lipinski definition) is 0. The Balaban J connectivity index is 1.43. The molecule has 3 aromatic rings. The Labute approximate surface area is 186 Å². The largest absolute Gasteiger partial charge is 0.492 e. The first-order chi connectivity index (χ1) is 15.2. The molecule has 1 aromatic carbocycles. The number of rotatable bonds is 7. The SMILES string of the molecule is COCCCOc1ccc(C(=O)N2CCc3nc(-c4ccccn4)ncc3C2)cc1Cl. The lowest BCUT2D eigenvalue weighted by molar-refractivity contribution is 0.0733. The number of nitrogens with zero attached hydrogens (tertiary/aromatic N) is 4. The fraction of sp³-hybridized carbons (Fsp3) is 0.304. The number of hydrogen-bond acceptors (Lipinski definition) is 6. The van der Waals surface area contributed by atoms with Crippen LogP contribution in [0.2, 0.25) is 5.02 Å². The highest BCUT2D eigenvalue weighted by Gasteiger charge is 2.24. The number of aromatic nitrogens is 3. The van der Waals surface area contributed by atoms with E-state index in [0.717, 1.165) is 23.4 Å². The van der Waals surface area contributed by atoms with E-state index < -0.39 is 0 Å². The molecule has 0 spiro atoms. The predicted octanol–water partition coefficient (Wildman–Crippen LogP) is 3.81. The third-order valence-corrected chi connectivity index (χ3v) is 5.34. The van der Waals surface area contributed by atoms with Gasteiger partial charge in [-0.25, -0.2) is 9.97 Å². The molecule has 0 aliphatic carbocycles. The predicted molar refractivity (Wildman–Crippen MR) is 117 cm³/mol. The molecule has 160 valence electrons. The van der Waals surface area contributed by atoms with Crippen LogP contribution in [-0.2, 0) is 17.7 Å². The first-order valence-corrected chi connectivity index (χ1v) is 10.5. The molecule has 1 aliphatic rings. The molecule has 4 rings (SSSR count). The summed E-state index contributed by atoms with van der Waals surface area (Å²) in [5.41, 5.74) is 3.17. The van der Waals surface area contributed by atoms with E-state index in [4.69, 9.17) is 21.1 Å². The molecule has 1 aliphatic heterocycles. The van der Waals surface area contributed by atoms with Gasteiger partial charge in [-0.15, -0.1) is 0 Å². The van der Waals surface area contributed by atoms with Crippen molar-refractivity contribution in [3.05, 3.63) is 70.6 Å². The van der Waals surface area contributed by atoms with Crippen LogP contribution in [0.3, 0.4) is 0 Å². The van der Waals surface area contributed by atoms with Crippen molar-refractivity contribution < 1.29 is 14.3 Å².